The number of benzene rings is 5. The van der Waals surface area contributed by atoms with Gasteiger partial charge in [0, 0.05) is 31.4 Å². The molecule has 0 aliphatic heterocycles. The third-order valence-corrected chi connectivity index (χ3v) is 10.2. The molecule has 0 saturated carbocycles. The van der Waals surface area contributed by atoms with Crippen molar-refractivity contribution in [2.75, 3.05) is 14.2 Å². The van der Waals surface area contributed by atoms with Crippen molar-refractivity contribution in [2.45, 2.75) is 0 Å². The lowest BCUT2D eigenvalue weighted by molar-refractivity contribution is 0.373. The summed E-state index contributed by atoms with van der Waals surface area (Å²) in [4.78, 5) is 72.5. The number of nitrogens with one attached hydrogen (secondary N) is 2. The van der Waals surface area contributed by atoms with E-state index in [4.69, 9.17) is 37.5 Å². The Kier molecular flexibility index (Phi) is 13.1. The second kappa shape index (κ2) is 18.6. The predicted octanol–water partition coefficient (Wildman–Crippen LogP) is 8.39. The minimum atomic E-state index is -2.88. The van der Waals surface area contributed by atoms with Gasteiger partial charge in [-0.25, -0.2) is 19.0 Å². The molecule has 5 aromatic carbocycles. The van der Waals surface area contributed by atoms with Crippen LogP contribution in [0.4, 0.5) is 0 Å². The van der Waals surface area contributed by atoms with Crippen LogP contribution >= 0.6 is 33.7 Å². The number of imidazole rings is 2. The lowest BCUT2D eigenvalue weighted by atomic mass is 10.0. The Balaban J connectivity index is 1.34. The average molecular weight is 893 g/mol. The largest absolute Gasteiger partial charge is 0.747 e. The molecule has 0 bridgehead atoms. The summed E-state index contributed by atoms with van der Waals surface area (Å²) in [5, 5.41) is 0. The fourth-order valence-electron chi connectivity index (χ4n) is 6.19. The molecule has 306 valence electrons. The average Bonchev–Trinajstić information content (AvgIpc) is 3.87. The van der Waals surface area contributed by atoms with E-state index in [-0.39, 0.29) is 23.0 Å². The predicted molar refractivity (Wildman–Crippen MR) is 221 cm³/mol. The number of nitrogens with zero attached hydrogens (tertiary/aromatic N) is 2. The zero-order valence-corrected chi connectivity index (χ0v) is 34.6. The summed E-state index contributed by atoms with van der Waals surface area (Å²) in [5.41, 5.74) is 5.67. The van der Waals surface area contributed by atoms with Crippen LogP contribution in [-0.2, 0) is 9.13 Å². The summed E-state index contributed by atoms with van der Waals surface area (Å²) in [6.45, 7) is 0. The van der Waals surface area contributed by atoms with Crippen LogP contribution in [0, 0.1) is 0 Å². The molecule has 7 aromatic rings. The molecule has 7 rings (SSSR count). The molecular weight excluding hydrogens is 860 g/mol. The molecule has 2 heterocycles. The molecule has 0 radical (unpaired) electrons. The maximum atomic E-state index is 11.3. The van der Waals surface area contributed by atoms with Gasteiger partial charge in [-0.1, -0.05) is 0 Å². The first-order valence-electron chi connectivity index (χ1n) is 17.2. The number of hydrogen-bond donors (Lipinski definition) is 8. The highest BCUT2D eigenvalue weighted by molar-refractivity contribution is 7.40. The Morgan fingerprint density at radius 2 is 0.817 bits per heavy atom. The molecule has 2 aromatic heterocycles. The third kappa shape index (κ3) is 9.77. The Morgan fingerprint density at radius 1 is 0.500 bits per heavy atom. The first-order chi connectivity index (χ1) is 28.9. The van der Waals surface area contributed by atoms with Crippen LogP contribution in [-0.4, -0.2) is 63.5 Å². The van der Waals surface area contributed by atoms with Crippen molar-refractivity contribution < 1.29 is 66.1 Å². The van der Waals surface area contributed by atoms with Crippen LogP contribution in [0.3, 0.4) is 0 Å². The minimum Gasteiger partial charge on any atom is -0.496 e. The number of aromatic amines is 2. The summed E-state index contributed by atoms with van der Waals surface area (Å²) in [5.74, 6) is 2.33. The van der Waals surface area contributed by atoms with Gasteiger partial charge in [-0.2, -0.15) is 0 Å². The molecule has 22 heteroatoms. The van der Waals surface area contributed by atoms with Crippen molar-refractivity contribution in [1.82, 2.24) is 19.9 Å². The Morgan fingerprint density at radius 3 is 1.12 bits per heavy atom. The lowest BCUT2D eigenvalue weighted by Gasteiger charge is -2.13. The monoisotopic (exact) mass is 892 g/mol. The van der Waals surface area contributed by atoms with E-state index >= 15 is 0 Å². The van der Waals surface area contributed by atoms with E-state index in [2.05, 4.69) is 9.97 Å². The summed E-state index contributed by atoms with van der Waals surface area (Å²) >= 11 is 0. The van der Waals surface area contributed by atoms with Crippen molar-refractivity contribution in [1.29, 1.82) is 0 Å². The van der Waals surface area contributed by atoms with Crippen LogP contribution in [0.1, 0.15) is 0 Å². The van der Waals surface area contributed by atoms with Gasteiger partial charge < -0.3 is 48.1 Å². The molecule has 0 spiro atoms. The van der Waals surface area contributed by atoms with Gasteiger partial charge in [0.15, 0.2) is 11.5 Å². The summed E-state index contributed by atoms with van der Waals surface area (Å²) in [6.07, 6.45) is 0. The van der Waals surface area contributed by atoms with Gasteiger partial charge in [0.1, 0.15) is 34.6 Å². The second-order valence-corrected chi connectivity index (χ2v) is 15.0. The van der Waals surface area contributed by atoms with Gasteiger partial charge in [-0.15, -0.1) is 9.79 Å². The molecule has 0 aliphatic rings. The summed E-state index contributed by atoms with van der Waals surface area (Å²) in [7, 11) is -8.00. The smallest absolute Gasteiger partial charge is 0.496 e. The van der Waals surface area contributed by atoms with Crippen LogP contribution in [0.15, 0.2) is 109 Å². The van der Waals surface area contributed by atoms with Gasteiger partial charge in [-0.3, -0.25) is 0 Å². The fraction of sp³-hybridized carbons (Fsp3) is 0.0526. The Hall–Kier alpha value is -5.86. The number of aromatic nitrogens is 4. The van der Waals surface area contributed by atoms with Gasteiger partial charge in [0.05, 0.1) is 48.1 Å². The van der Waals surface area contributed by atoms with Crippen molar-refractivity contribution >= 4 is 33.7 Å². The molecule has 8 N–H and O–H groups in total. The Bertz CT molecular complexity index is 2490. The SMILES string of the molecule is COc1cc(-c2nc(-c3ccc(O[P+](=O)O)cc3)c(-c3ccc(O[P+](=O)O)cc3)[nH]2)c(OC)cc1-c1nc(-c2ccc(OP(O)O)cc2)c(-c2ccc(OP(O)O)cc2)[nH]1. The number of H-pyrrole nitrogens is 2. The normalized spacial score (nSPS) is 11.7. The van der Waals surface area contributed by atoms with Gasteiger partial charge in [0.2, 0.25) is 0 Å². The van der Waals surface area contributed by atoms with Crippen molar-refractivity contribution in [3.63, 3.8) is 0 Å². The van der Waals surface area contributed by atoms with E-state index in [9.17, 15) is 38.5 Å². The first-order valence-corrected chi connectivity index (χ1v) is 21.8. The van der Waals surface area contributed by atoms with Crippen LogP contribution in [0.5, 0.6) is 34.5 Å². The maximum Gasteiger partial charge on any atom is 0.747 e. The van der Waals surface area contributed by atoms with Gasteiger partial charge in [-0.05, 0) is 109 Å². The molecule has 0 saturated heterocycles. The molecule has 60 heavy (non-hydrogen) atoms. The molecule has 18 nitrogen and oxygen atoms in total. The van der Waals surface area contributed by atoms with Crippen LogP contribution in [0.2, 0.25) is 0 Å². The zero-order chi connectivity index (χ0) is 42.5. The van der Waals surface area contributed by atoms with Gasteiger partial charge in [0.25, 0.3) is 0 Å². The number of hydrogen-bond acceptors (Lipinski definition) is 14. The number of ether oxygens (including phenoxy) is 2. The van der Waals surface area contributed by atoms with E-state index < -0.39 is 33.7 Å². The van der Waals surface area contributed by atoms with Crippen molar-refractivity contribution in [3.8, 4) is 102 Å². The highest BCUT2D eigenvalue weighted by atomic mass is 31.2. The fourth-order valence-corrected chi connectivity index (χ4v) is 7.41. The molecule has 2 unspecified atom stereocenters. The molecular formula is C38H32N4O14P4+2. The summed E-state index contributed by atoms with van der Waals surface area (Å²) in [6, 6.07) is 29.4. The molecule has 0 amide bonds. The van der Waals surface area contributed by atoms with E-state index in [1.807, 2.05) is 0 Å². The quantitative estimate of drug-likeness (QED) is 0.0423. The van der Waals surface area contributed by atoms with E-state index in [0.717, 1.165) is 0 Å². The van der Waals surface area contributed by atoms with E-state index in [1.54, 1.807) is 84.9 Å². The van der Waals surface area contributed by atoms with Crippen molar-refractivity contribution in [2.24, 2.45) is 0 Å². The molecule has 2 atom stereocenters. The Labute approximate surface area is 344 Å². The molecule has 0 fully saturated rings. The number of rotatable bonds is 16. The topological polar surface area (TPSA) is 268 Å². The lowest BCUT2D eigenvalue weighted by Crippen LogP contribution is -1.96. The molecule has 0 aliphatic carbocycles. The highest BCUT2D eigenvalue weighted by Crippen LogP contribution is 2.44. The van der Waals surface area contributed by atoms with E-state index in [1.165, 1.54) is 38.5 Å². The zero-order valence-electron chi connectivity index (χ0n) is 31.0. The minimum absolute atomic E-state index is 0.173. The van der Waals surface area contributed by atoms with E-state index in [0.29, 0.717) is 79.3 Å². The number of methoxy groups -OCH3 is 2. The standard InChI is InChI=1S/C38H30N4O14P4/c1-51-31-19-30(38-41-35(23-7-15-27(16-8-23)55-59(47)48)36(42-38)24-9-17-28(18-10-24)56-60(49)50)32(52-2)20-29(31)37-39-33(21-3-11-25(12-4-21)53-57(43)44)34(40-37)22-5-13-26(14-6-22)54-58(45)46/h3-20,43-46H,1-2H3,(H2-2,39,40,41,42,47,48,49,50)/p+2. The first kappa shape index (κ1) is 42.3. The highest BCUT2D eigenvalue weighted by Gasteiger charge is 2.25. The van der Waals surface area contributed by atoms with Gasteiger partial charge >= 0.3 is 33.7 Å². The van der Waals surface area contributed by atoms with Crippen LogP contribution in [0.25, 0.3) is 67.8 Å². The second-order valence-electron chi connectivity index (χ2n) is 12.3. The van der Waals surface area contributed by atoms with Crippen molar-refractivity contribution in [3.05, 3.63) is 109 Å². The summed E-state index contributed by atoms with van der Waals surface area (Å²) < 4.78 is 54.4. The maximum absolute atomic E-state index is 11.3. The third-order valence-electron chi connectivity index (χ3n) is 8.72. The van der Waals surface area contributed by atoms with Crippen LogP contribution < -0.4 is 27.6 Å².